The van der Waals surface area contributed by atoms with E-state index in [2.05, 4.69) is 67.6 Å². The first-order valence-electron chi connectivity index (χ1n) is 14.3. The Labute approximate surface area is 209 Å². The minimum atomic E-state index is 1.09. The molecule has 0 fully saturated rings. The highest BCUT2D eigenvalue weighted by Gasteiger charge is 2.09. The van der Waals surface area contributed by atoms with Gasteiger partial charge in [-0.15, -0.1) is 0 Å². The number of hydrogen-bond acceptors (Lipinski definition) is 1. The Hall–Kier alpha value is -2.15. The van der Waals surface area contributed by atoms with E-state index in [-0.39, 0.29) is 0 Å². The van der Waals surface area contributed by atoms with Gasteiger partial charge in [0.15, 0.2) is 0 Å². The molecular weight excluding hydrogens is 410 g/mol. The second kappa shape index (κ2) is 16.5. The van der Waals surface area contributed by atoms with Crippen LogP contribution in [0.3, 0.4) is 0 Å². The first-order chi connectivity index (χ1) is 16.9. The molecular formula is C33H47N. The Morgan fingerprint density at radius 1 is 0.529 bits per heavy atom. The molecule has 0 aliphatic rings. The molecule has 0 aliphatic carbocycles. The molecule has 1 heterocycles. The Kier molecular flexibility index (Phi) is 12.8. The van der Waals surface area contributed by atoms with Crippen molar-refractivity contribution >= 4 is 10.9 Å². The van der Waals surface area contributed by atoms with E-state index >= 15 is 0 Å². The van der Waals surface area contributed by atoms with Gasteiger partial charge in [-0.25, -0.2) is 4.98 Å². The topological polar surface area (TPSA) is 12.9 Å². The van der Waals surface area contributed by atoms with Crippen LogP contribution in [0.15, 0.2) is 60.7 Å². The average Bonchev–Trinajstić information content (AvgIpc) is 2.88. The molecule has 0 amide bonds. The van der Waals surface area contributed by atoms with Crippen LogP contribution < -0.4 is 0 Å². The van der Waals surface area contributed by atoms with Gasteiger partial charge in [-0.1, -0.05) is 152 Å². The van der Waals surface area contributed by atoms with Crippen molar-refractivity contribution < 1.29 is 0 Å². The van der Waals surface area contributed by atoms with E-state index in [0.29, 0.717) is 0 Å². The molecule has 3 rings (SSSR count). The molecule has 0 bridgehead atoms. The van der Waals surface area contributed by atoms with Crippen LogP contribution in [0, 0.1) is 0 Å². The zero-order valence-corrected chi connectivity index (χ0v) is 21.7. The molecule has 0 radical (unpaired) electrons. The number of rotatable bonds is 18. The van der Waals surface area contributed by atoms with Gasteiger partial charge in [-0.2, -0.15) is 0 Å². The Balaban J connectivity index is 1.28. The number of nitrogens with zero attached hydrogens (tertiary/aromatic N) is 1. The number of unbranched alkanes of at least 4 members (excludes halogenated alkanes) is 15. The first kappa shape index (κ1) is 26.5. The van der Waals surface area contributed by atoms with Crippen LogP contribution in [0.5, 0.6) is 0 Å². The van der Waals surface area contributed by atoms with Crippen molar-refractivity contribution in [1.82, 2.24) is 4.98 Å². The van der Waals surface area contributed by atoms with Crippen LogP contribution in [0.1, 0.15) is 115 Å². The Morgan fingerprint density at radius 3 is 1.62 bits per heavy atom. The zero-order chi connectivity index (χ0) is 23.7. The maximum atomic E-state index is 5.04. The highest BCUT2D eigenvalue weighted by molar-refractivity contribution is 5.83. The van der Waals surface area contributed by atoms with Crippen LogP contribution in [-0.2, 0) is 6.42 Å². The van der Waals surface area contributed by atoms with E-state index in [4.69, 9.17) is 4.98 Å². The number of fused-ring (bicyclic) bond motifs is 1. The number of hydrogen-bond donors (Lipinski definition) is 0. The number of aromatic nitrogens is 1. The number of pyridine rings is 1. The van der Waals surface area contributed by atoms with E-state index < -0.39 is 0 Å². The van der Waals surface area contributed by atoms with E-state index in [1.807, 2.05) is 0 Å². The van der Waals surface area contributed by atoms with Gasteiger partial charge in [0.2, 0.25) is 0 Å². The van der Waals surface area contributed by atoms with Crippen molar-refractivity contribution in [3.63, 3.8) is 0 Å². The van der Waals surface area contributed by atoms with Gasteiger partial charge in [0.05, 0.1) is 11.2 Å². The third-order valence-corrected chi connectivity index (χ3v) is 7.15. The number of benzene rings is 2. The van der Waals surface area contributed by atoms with Crippen molar-refractivity contribution in [3.05, 3.63) is 66.2 Å². The lowest BCUT2D eigenvalue weighted by molar-refractivity contribution is 0.529. The van der Waals surface area contributed by atoms with E-state index in [1.54, 1.807) is 0 Å². The highest BCUT2D eigenvalue weighted by Crippen LogP contribution is 2.27. The summed E-state index contributed by atoms with van der Waals surface area (Å²) in [6, 6.07) is 21.6. The predicted molar refractivity (Wildman–Crippen MR) is 150 cm³/mol. The lowest BCUT2D eigenvalue weighted by Crippen LogP contribution is -1.95. The zero-order valence-electron chi connectivity index (χ0n) is 21.7. The van der Waals surface area contributed by atoms with E-state index in [0.717, 1.165) is 11.9 Å². The molecule has 0 saturated carbocycles. The summed E-state index contributed by atoms with van der Waals surface area (Å²) in [5.41, 5.74) is 4.90. The van der Waals surface area contributed by atoms with Crippen molar-refractivity contribution in [3.8, 4) is 11.3 Å². The largest absolute Gasteiger partial charge is 0.248 e. The van der Waals surface area contributed by atoms with Crippen molar-refractivity contribution in [2.45, 2.75) is 116 Å². The molecule has 0 spiro atoms. The third kappa shape index (κ3) is 9.61. The summed E-state index contributed by atoms with van der Waals surface area (Å²) in [6.45, 7) is 2.30. The fourth-order valence-corrected chi connectivity index (χ4v) is 5.06. The quantitative estimate of drug-likeness (QED) is 0.173. The summed E-state index contributed by atoms with van der Waals surface area (Å²) in [6.07, 6.45) is 23.8. The van der Waals surface area contributed by atoms with Crippen molar-refractivity contribution in [1.29, 1.82) is 0 Å². The lowest BCUT2D eigenvalue weighted by atomic mass is 9.98. The fraction of sp³-hybridized carbons (Fsp3) is 0.545. The van der Waals surface area contributed by atoms with Crippen LogP contribution >= 0.6 is 0 Å². The molecule has 2 aromatic carbocycles. The monoisotopic (exact) mass is 457 g/mol. The molecule has 0 N–H and O–H groups in total. The maximum Gasteiger partial charge on any atom is 0.0741 e. The van der Waals surface area contributed by atoms with Gasteiger partial charge < -0.3 is 0 Å². The van der Waals surface area contributed by atoms with Gasteiger partial charge >= 0.3 is 0 Å². The summed E-state index contributed by atoms with van der Waals surface area (Å²) < 4.78 is 0. The minimum Gasteiger partial charge on any atom is -0.248 e. The van der Waals surface area contributed by atoms with Gasteiger partial charge in [0.1, 0.15) is 0 Å². The molecule has 1 heteroatoms. The van der Waals surface area contributed by atoms with Gasteiger partial charge in [0, 0.05) is 10.9 Å². The van der Waals surface area contributed by atoms with Crippen molar-refractivity contribution in [2.24, 2.45) is 0 Å². The van der Waals surface area contributed by atoms with Gasteiger partial charge in [-0.05, 0) is 30.5 Å². The molecule has 0 aliphatic heterocycles. The predicted octanol–water partition coefficient (Wildman–Crippen LogP) is 10.7. The molecule has 0 atom stereocenters. The number of para-hydroxylation sites is 1. The lowest BCUT2D eigenvalue weighted by Gasteiger charge is -2.11. The second-order valence-electron chi connectivity index (χ2n) is 10.1. The molecule has 1 aromatic heterocycles. The van der Waals surface area contributed by atoms with E-state index in [1.165, 1.54) is 125 Å². The smallest absolute Gasteiger partial charge is 0.0741 e. The normalized spacial score (nSPS) is 11.3. The molecule has 34 heavy (non-hydrogen) atoms. The van der Waals surface area contributed by atoms with Crippen LogP contribution in [0.25, 0.3) is 22.2 Å². The highest BCUT2D eigenvalue weighted by atomic mass is 14.7. The first-order valence-corrected chi connectivity index (χ1v) is 14.3. The van der Waals surface area contributed by atoms with Crippen LogP contribution in [-0.4, -0.2) is 4.98 Å². The second-order valence-corrected chi connectivity index (χ2v) is 10.1. The van der Waals surface area contributed by atoms with Crippen LogP contribution in [0.2, 0.25) is 0 Å². The maximum absolute atomic E-state index is 5.04. The third-order valence-electron chi connectivity index (χ3n) is 7.15. The summed E-state index contributed by atoms with van der Waals surface area (Å²) in [4.78, 5) is 5.04. The summed E-state index contributed by atoms with van der Waals surface area (Å²) >= 11 is 0. The SMILES string of the molecule is CCCCCCCCCCCCCCCCCCc1cc2ccccc2nc1-c1ccccc1. The molecule has 3 aromatic rings. The minimum absolute atomic E-state index is 1.09. The Bertz CT molecular complexity index is 914. The summed E-state index contributed by atoms with van der Waals surface area (Å²) in [5.74, 6) is 0. The number of aryl methyl sites for hydroxylation is 1. The molecule has 1 nitrogen and oxygen atoms in total. The Morgan fingerprint density at radius 2 is 1.03 bits per heavy atom. The average molecular weight is 458 g/mol. The standard InChI is InChI=1S/C33H47N/c1-2-3-4-5-6-7-8-9-10-11-12-13-14-15-16-18-26-31-28-30-25-21-22-27-32(30)34-33(31)29-23-19-17-20-24-29/h17,19-25,27-28H,2-16,18,26H2,1H3. The summed E-state index contributed by atoms with van der Waals surface area (Å²) in [7, 11) is 0. The molecule has 0 unspecified atom stereocenters. The van der Waals surface area contributed by atoms with Gasteiger partial charge in [0.25, 0.3) is 0 Å². The summed E-state index contributed by atoms with van der Waals surface area (Å²) in [5, 5.41) is 1.26. The van der Waals surface area contributed by atoms with Gasteiger partial charge in [-0.3, -0.25) is 0 Å². The molecule has 0 saturated heterocycles. The fourth-order valence-electron chi connectivity index (χ4n) is 5.06. The van der Waals surface area contributed by atoms with E-state index in [9.17, 15) is 0 Å². The van der Waals surface area contributed by atoms with Crippen molar-refractivity contribution in [2.75, 3.05) is 0 Å². The molecule has 184 valence electrons. The van der Waals surface area contributed by atoms with Crippen LogP contribution in [0.4, 0.5) is 0 Å².